The molecule has 0 unspecified atom stereocenters. The molecule has 0 radical (unpaired) electrons. The van der Waals surface area contributed by atoms with Crippen LogP contribution in [-0.4, -0.2) is 24.5 Å². The SMILES string of the molecule is Cc1ccc(S(=O)(=O)NCCCn2c(=O)[nH]c3ccccc32)cc1C. The van der Waals surface area contributed by atoms with Crippen LogP contribution in [0.3, 0.4) is 0 Å². The van der Waals surface area contributed by atoms with Crippen molar-refractivity contribution in [2.24, 2.45) is 0 Å². The van der Waals surface area contributed by atoms with Gasteiger partial charge in [0, 0.05) is 13.1 Å². The van der Waals surface area contributed by atoms with E-state index in [1.807, 2.05) is 38.1 Å². The van der Waals surface area contributed by atoms with Crippen molar-refractivity contribution in [3.8, 4) is 0 Å². The number of para-hydroxylation sites is 2. The zero-order valence-electron chi connectivity index (χ0n) is 14.2. The number of nitrogens with one attached hydrogen (secondary N) is 2. The molecule has 6 nitrogen and oxygen atoms in total. The zero-order chi connectivity index (χ0) is 18.0. The molecule has 2 N–H and O–H groups in total. The topological polar surface area (TPSA) is 84.0 Å². The Bertz CT molecular complexity index is 1060. The Kier molecular flexibility index (Phi) is 4.78. The summed E-state index contributed by atoms with van der Waals surface area (Å²) in [7, 11) is -3.54. The smallest absolute Gasteiger partial charge is 0.306 e. The normalized spacial score (nSPS) is 11.9. The predicted octanol–water partition coefficient (Wildman–Crippen LogP) is 2.32. The fraction of sp³-hybridized carbons (Fsp3) is 0.278. The van der Waals surface area contributed by atoms with E-state index >= 15 is 0 Å². The molecule has 0 aliphatic rings. The fourth-order valence-electron chi connectivity index (χ4n) is 2.74. The molecule has 0 aliphatic heterocycles. The van der Waals surface area contributed by atoms with E-state index in [9.17, 15) is 13.2 Å². The second kappa shape index (κ2) is 6.85. The van der Waals surface area contributed by atoms with Gasteiger partial charge < -0.3 is 4.98 Å². The second-order valence-corrected chi connectivity index (χ2v) is 7.86. The Labute approximate surface area is 146 Å². The second-order valence-electron chi connectivity index (χ2n) is 6.10. The van der Waals surface area contributed by atoms with Crippen molar-refractivity contribution in [2.75, 3.05) is 6.54 Å². The molecule has 25 heavy (non-hydrogen) atoms. The number of sulfonamides is 1. The van der Waals surface area contributed by atoms with Crippen molar-refractivity contribution in [3.63, 3.8) is 0 Å². The maximum atomic E-state index is 12.4. The van der Waals surface area contributed by atoms with Gasteiger partial charge in [-0.25, -0.2) is 17.9 Å². The molecule has 1 heterocycles. The van der Waals surface area contributed by atoms with Gasteiger partial charge in [0.15, 0.2) is 0 Å². The van der Waals surface area contributed by atoms with Crippen LogP contribution in [0.5, 0.6) is 0 Å². The van der Waals surface area contributed by atoms with Crippen LogP contribution in [0.1, 0.15) is 17.5 Å². The van der Waals surface area contributed by atoms with Gasteiger partial charge in [-0.1, -0.05) is 18.2 Å². The average Bonchev–Trinajstić information content (AvgIpc) is 2.89. The predicted molar refractivity (Wildman–Crippen MR) is 98.3 cm³/mol. The molecule has 0 fully saturated rings. The van der Waals surface area contributed by atoms with Crippen molar-refractivity contribution in [3.05, 3.63) is 64.1 Å². The molecular formula is C18H21N3O3S. The van der Waals surface area contributed by atoms with Crippen LogP contribution in [-0.2, 0) is 16.6 Å². The highest BCUT2D eigenvalue weighted by atomic mass is 32.2. The number of fused-ring (bicyclic) bond motifs is 1. The summed E-state index contributed by atoms with van der Waals surface area (Å²) in [5, 5.41) is 0. The Morgan fingerprint density at radius 3 is 2.60 bits per heavy atom. The van der Waals surface area contributed by atoms with Gasteiger partial charge in [-0.2, -0.15) is 0 Å². The quantitative estimate of drug-likeness (QED) is 0.663. The summed E-state index contributed by atoms with van der Waals surface area (Å²) in [6.45, 7) is 4.54. The third-order valence-corrected chi connectivity index (χ3v) is 5.78. The molecule has 7 heteroatoms. The van der Waals surface area contributed by atoms with E-state index in [0.29, 0.717) is 13.0 Å². The minimum atomic E-state index is -3.54. The number of hydrogen-bond donors (Lipinski definition) is 2. The van der Waals surface area contributed by atoms with E-state index < -0.39 is 10.0 Å². The highest BCUT2D eigenvalue weighted by Crippen LogP contribution is 2.14. The van der Waals surface area contributed by atoms with E-state index in [-0.39, 0.29) is 17.1 Å². The van der Waals surface area contributed by atoms with Gasteiger partial charge in [-0.05, 0) is 55.7 Å². The van der Waals surface area contributed by atoms with Crippen LogP contribution in [0.2, 0.25) is 0 Å². The Morgan fingerprint density at radius 2 is 1.84 bits per heavy atom. The first-order valence-corrected chi connectivity index (χ1v) is 9.61. The van der Waals surface area contributed by atoms with Crippen LogP contribution in [0, 0.1) is 13.8 Å². The minimum Gasteiger partial charge on any atom is -0.306 e. The highest BCUT2D eigenvalue weighted by molar-refractivity contribution is 7.89. The average molecular weight is 359 g/mol. The first-order valence-electron chi connectivity index (χ1n) is 8.13. The number of benzene rings is 2. The lowest BCUT2D eigenvalue weighted by Crippen LogP contribution is -2.27. The summed E-state index contributed by atoms with van der Waals surface area (Å²) in [5.74, 6) is 0. The van der Waals surface area contributed by atoms with Crippen molar-refractivity contribution in [1.82, 2.24) is 14.3 Å². The molecule has 0 amide bonds. The van der Waals surface area contributed by atoms with Gasteiger partial charge in [-0.15, -0.1) is 0 Å². The van der Waals surface area contributed by atoms with Crippen LogP contribution >= 0.6 is 0 Å². The Balaban J connectivity index is 1.65. The molecule has 0 aliphatic carbocycles. The summed E-state index contributed by atoms with van der Waals surface area (Å²) in [6, 6.07) is 12.5. The van der Waals surface area contributed by atoms with Crippen LogP contribution in [0.25, 0.3) is 11.0 Å². The van der Waals surface area contributed by atoms with E-state index in [4.69, 9.17) is 0 Å². The summed E-state index contributed by atoms with van der Waals surface area (Å²) in [6.07, 6.45) is 0.520. The highest BCUT2D eigenvalue weighted by Gasteiger charge is 2.14. The molecular weight excluding hydrogens is 338 g/mol. The molecule has 0 atom stereocenters. The lowest BCUT2D eigenvalue weighted by molar-refractivity contribution is 0.569. The van der Waals surface area contributed by atoms with Gasteiger partial charge in [-0.3, -0.25) is 4.57 Å². The zero-order valence-corrected chi connectivity index (χ0v) is 15.1. The standard InChI is InChI=1S/C18H21N3O3S/c1-13-8-9-15(12-14(13)2)25(23,24)19-10-5-11-21-17-7-4-3-6-16(17)20-18(21)22/h3-4,6-9,12,19H,5,10-11H2,1-2H3,(H,20,22). The third kappa shape index (κ3) is 3.67. The van der Waals surface area contributed by atoms with Gasteiger partial charge in [0.1, 0.15) is 0 Å². The first-order chi connectivity index (χ1) is 11.9. The third-order valence-electron chi connectivity index (χ3n) is 4.32. The lowest BCUT2D eigenvalue weighted by atomic mass is 10.1. The number of nitrogens with zero attached hydrogens (tertiary/aromatic N) is 1. The van der Waals surface area contributed by atoms with Crippen LogP contribution < -0.4 is 10.4 Å². The molecule has 3 rings (SSSR count). The van der Waals surface area contributed by atoms with Crippen LogP contribution in [0.15, 0.2) is 52.2 Å². The van der Waals surface area contributed by atoms with Crippen molar-refractivity contribution in [2.45, 2.75) is 31.7 Å². The van der Waals surface area contributed by atoms with Gasteiger partial charge in [0.05, 0.1) is 15.9 Å². The molecule has 132 valence electrons. The largest absolute Gasteiger partial charge is 0.326 e. The number of aromatic amines is 1. The van der Waals surface area contributed by atoms with Gasteiger partial charge >= 0.3 is 5.69 Å². The number of rotatable bonds is 6. The van der Waals surface area contributed by atoms with Crippen molar-refractivity contribution < 1.29 is 8.42 Å². The molecule has 2 aromatic carbocycles. The van der Waals surface area contributed by atoms with Gasteiger partial charge in [0.2, 0.25) is 10.0 Å². The minimum absolute atomic E-state index is 0.182. The lowest BCUT2D eigenvalue weighted by Gasteiger charge is -2.09. The number of aryl methyl sites for hydroxylation is 3. The van der Waals surface area contributed by atoms with Crippen molar-refractivity contribution >= 4 is 21.1 Å². The van der Waals surface area contributed by atoms with Crippen LogP contribution in [0.4, 0.5) is 0 Å². The molecule has 1 aromatic heterocycles. The number of H-pyrrole nitrogens is 1. The molecule has 0 spiro atoms. The van der Waals surface area contributed by atoms with E-state index in [1.54, 1.807) is 22.8 Å². The summed E-state index contributed by atoms with van der Waals surface area (Å²) < 4.78 is 28.9. The van der Waals surface area contributed by atoms with Crippen molar-refractivity contribution in [1.29, 1.82) is 0 Å². The van der Waals surface area contributed by atoms with E-state index in [1.165, 1.54) is 0 Å². The summed E-state index contributed by atoms with van der Waals surface area (Å²) in [5.41, 5.74) is 3.41. The number of aromatic nitrogens is 2. The fourth-order valence-corrected chi connectivity index (χ4v) is 3.90. The van der Waals surface area contributed by atoms with E-state index in [0.717, 1.165) is 22.2 Å². The van der Waals surface area contributed by atoms with Gasteiger partial charge in [0.25, 0.3) is 0 Å². The summed E-state index contributed by atoms with van der Waals surface area (Å²) in [4.78, 5) is 15.0. The Morgan fingerprint density at radius 1 is 1.08 bits per heavy atom. The monoisotopic (exact) mass is 359 g/mol. The molecule has 0 bridgehead atoms. The Hall–Kier alpha value is -2.38. The molecule has 0 saturated carbocycles. The maximum Gasteiger partial charge on any atom is 0.326 e. The van der Waals surface area contributed by atoms with E-state index in [2.05, 4.69) is 9.71 Å². The molecule has 3 aromatic rings. The maximum absolute atomic E-state index is 12.4. The molecule has 0 saturated heterocycles. The number of hydrogen-bond acceptors (Lipinski definition) is 3. The summed E-state index contributed by atoms with van der Waals surface area (Å²) >= 11 is 0. The number of imidazole rings is 1. The first kappa shape index (κ1) is 17.4.